The Bertz CT molecular complexity index is 691. The molecule has 3 rings (SSSR count). The molecule has 10 heteroatoms. The second-order valence-electron chi connectivity index (χ2n) is 4.55. The summed E-state index contributed by atoms with van der Waals surface area (Å²) >= 11 is 6.83. The van der Waals surface area contributed by atoms with Gasteiger partial charge in [-0.15, -0.1) is 10.2 Å². The van der Waals surface area contributed by atoms with Crippen molar-refractivity contribution in [2.24, 2.45) is 0 Å². The summed E-state index contributed by atoms with van der Waals surface area (Å²) in [7, 11) is 0. The minimum atomic E-state index is -0.529. The highest BCUT2D eigenvalue weighted by molar-refractivity contribution is 7.99. The summed E-state index contributed by atoms with van der Waals surface area (Å²) in [6, 6.07) is 0. The third kappa shape index (κ3) is 2.98. The summed E-state index contributed by atoms with van der Waals surface area (Å²) in [5, 5.41) is 20.1. The molecule has 0 radical (unpaired) electrons. The van der Waals surface area contributed by atoms with Crippen LogP contribution in [0.1, 0.15) is 25.1 Å². The van der Waals surface area contributed by atoms with E-state index in [0.717, 1.165) is 56.0 Å². The summed E-state index contributed by atoms with van der Waals surface area (Å²) < 4.78 is 2.00. The zero-order valence-corrected chi connectivity index (χ0v) is 12.5. The van der Waals surface area contributed by atoms with Crippen molar-refractivity contribution in [2.75, 3.05) is 0 Å². The lowest BCUT2D eigenvalue weighted by Crippen LogP contribution is -2.03. The van der Waals surface area contributed by atoms with E-state index >= 15 is 0 Å². The minimum absolute atomic E-state index is 0.0290. The van der Waals surface area contributed by atoms with Crippen LogP contribution in [0.25, 0.3) is 0 Å². The Morgan fingerprint density at radius 1 is 1.33 bits per heavy atom. The molecule has 2 aromatic heterocycles. The van der Waals surface area contributed by atoms with Crippen molar-refractivity contribution in [2.45, 2.75) is 42.4 Å². The predicted octanol–water partition coefficient (Wildman–Crippen LogP) is 2.51. The third-order valence-electron chi connectivity index (χ3n) is 3.17. The summed E-state index contributed by atoms with van der Waals surface area (Å²) in [4.78, 5) is 18.1. The first kappa shape index (κ1) is 14.2. The fraction of sp³-hybridized carbons (Fsp3) is 0.455. The smallest absolute Gasteiger partial charge is 0.306 e. The SMILES string of the molecule is O=[N+]([O-])c1cnc(Cl)nc1Sc1nnc2n1CCCCC2. The highest BCUT2D eigenvalue weighted by Gasteiger charge is 2.22. The molecule has 0 atom stereocenters. The summed E-state index contributed by atoms with van der Waals surface area (Å²) in [5.74, 6) is 0.915. The molecular weight excluding hydrogens is 316 g/mol. The summed E-state index contributed by atoms with van der Waals surface area (Å²) in [6.45, 7) is 0.817. The standard InChI is InChI=1S/C11H11ClN6O2S/c12-10-13-6-7(18(19)20)9(14-10)21-11-16-15-8-4-2-1-3-5-17(8)11/h6H,1-5H2. The van der Waals surface area contributed by atoms with Crippen LogP contribution >= 0.6 is 23.4 Å². The van der Waals surface area contributed by atoms with Gasteiger partial charge >= 0.3 is 5.69 Å². The van der Waals surface area contributed by atoms with Crippen molar-refractivity contribution in [1.29, 1.82) is 0 Å². The molecule has 21 heavy (non-hydrogen) atoms. The van der Waals surface area contributed by atoms with E-state index in [1.807, 2.05) is 4.57 Å². The van der Waals surface area contributed by atoms with Crippen LogP contribution in [0.2, 0.25) is 5.28 Å². The molecule has 0 amide bonds. The molecule has 8 nitrogen and oxygen atoms in total. The molecule has 0 saturated heterocycles. The van der Waals surface area contributed by atoms with E-state index in [1.165, 1.54) is 0 Å². The minimum Gasteiger partial charge on any atom is -0.306 e. The number of nitrogens with zero attached hydrogens (tertiary/aromatic N) is 6. The largest absolute Gasteiger partial charge is 0.320 e. The van der Waals surface area contributed by atoms with Crippen LogP contribution in [0.5, 0.6) is 0 Å². The van der Waals surface area contributed by atoms with Gasteiger partial charge in [0.05, 0.1) is 4.92 Å². The predicted molar refractivity (Wildman–Crippen MR) is 75.4 cm³/mol. The van der Waals surface area contributed by atoms with E-state index in [0.29, 0.717) is 5.16 Å². The van der Waals surface area contributed by atoms with Crippen molar-refractivity contribution < 1.29 is 4.92 Å². The van der Waals surface area contributed by atoms with Crippen LogP contribution in [0.4, 0.5) is 5.69 Å². The fourth-order valence-corrected chi connectivity index (χ4v) is 3.27. The van der Waals surface area contributed by atoms with Gasteiger partial charge in [-0.2, -0.15) is 0 Å². The van der Waals surface area contributed by atoms with E-state index < -0.39 is 4.92 Å². The number of aromatic nitrogens is 5. The number of rotatable bonds is 3. The zero-order chi connectivity index (χ0) is 14.8. The van der Waals surface area contributed by atoms with Crippen LogP contribution in [-0.2, 0) is 13.0 Å². The van der Waals surface area contributed by atoms with E-state index in [2.05, 4.69) is 20.2 Å². The normalized spacial score (nSPS) is 14.5. The number of halogens is 1. The number of hydrogen-bond acceptors (Lipinski definition) is 7. The molecule has 0 aliphatic carbocycles. The van der Waals surface area contributed by atoms with Crippen molar-refractivity contribution in [1.82, 2.24) is 24.7 Å². The Morgan fingerprint density at radius 2 is 2.19 bits per heavy atom. The number of aryl methyl sites for hydroxylation is 1. The molecule has 0 bridgehead atoms. The third-order valence-corrected chi connectivity index (χ3v) is 4.33. The Balaban J connectivity index is 1.96. The monoisotopic (exact) mass is 326 g/mol. The molecule has 3 heterocycles. The molecule has 0 aromatic carbocycles. The number of hydrogen-bond donors (Lipinski definition) is 0. The average molecular weight is 327 g/mol. The first-order chi connectivity index (χ1) is 10.1. The van der Waals surface area contributed by atoms with Gasteiger partial charge in [-0.25, -0.2) is 9.97 Å². The summed E-state index contributed by atoms with van der Waals surface area (Å²) in [6.07, 6.45) is 5.26. The molecule has 0 unspecified atom stereocenters. The first-order valence-electron chi connectivity index (χ1n) is 6.42. The van der Waals surface area contributed by atoms with Gasteiger partial charge in [0.1, 0.15) is 12.0 Å². The lowest BCUT2D eigenvalue weighted by Gasteiger charge is -2.06. The highest BCUT2D eigenvalue weighted by atomic mass is 35.5. The number of nitro groups is 1. The first-order valence-corrected chi connectivity index (χ1v) is 7.61. The lowest BCUT2D eigenvalue weighted by molar-refractivity contribution is -0.388. The average Bonchev–Trinajstić information content (AvgIpc) is 2.68. The molecule has 2 aromatic rings. The molecule has 1 aliphatic heterocycles. The van der Waals surface area contributed by atoms with Crippen molar-refractivity contribution in [3.05, 3.63) is 27.4 Å². The van der Waals surface area contributed by atoms with Crippen molar-refractivity contribution in [3.63, 3.8) is 0 Å². The molecule has 0 fully saturated rings. The fourth-order valence-electron chi connectivity index (χ4n) is 2.16. The van der Waals surface area contributed by atoms with Crippen LogP contribution in [0.15, 0.2) is 16.4 Å². The number of fused-ring (bicyclic) bond motifs is 1. The second kappa shape index (κ2) is 5.94. The molecular formula is C11H11ClN6O2S. The van der Waals surface area contributed by atoms with Crippen molar-refractivity contribution >= 4 is 29.1 Å². The van der Waals surface area contributed by atoms with Gasteiger partial charge in [0.25, 0.3) is 0 Å². The maximum Gasteiger partial charge on any atom is 0.320 e. The zero-order valence-electron chi connectivity index (χ0n) is 10.9. The van der Waals surface area contributed by atoms with E-state index in [9.17, 15) is 10.1 Å². The second-order valence-corrected chi connectivity index (χ2v) is 5.84. The molecule has 0 saturated carbocycles. The molecule has 0 N–H and O–H groups in total. The van der Waals surface area contributed by atoms with Crippen LogP contribution < -0.4 is 0 Å². The van der Waals surface area contributed by atoms with Crippen molar-refractivity contribution in [3.8, 4) is 0 Å². The quantitative estimate of drug-likeness (QED) is 0.369. The van der Waals surface area contributed by atoms with Gasteiger partial charge in [-0.05, 0) is 36.2 Å². The Labute approximate surface area is 129 Å². The van der Waals surface area contributed by atoms with E-state index in [1.54, 1.807) is 0 Å². The maximum absolute atomic E-state index is 11.0. The topological polar surface area (TPSA) is 99.6 Å². The van der Waals surface area contributed by atoms with Gasteiger partial charge in [-0.3, -0.25) is 10.1 Å². The molecule has 1 aliphatic rings. The van der Waals surface area contributed by atoms with Gasteiger partial charge in [-0.1, -0.05) is 6.42 Å². The van der Waals surface area contributed by atoms with Crippen LogP contribution in [0.3, 0.4) is 0 Å². The molecule has 0 spiro atoms. The van der Waals surface area contributed by atoms with Gasteiger partial charge < -0.3 is 4.57 Å². The highest BCUT2D eigenvalue weighted by Crippen LogP contribution is 2.33. The Hall–Kier alpha value is -1.74. The maximum atomic E-state index is 11.0. The van der Waals surface area contributed by atoms with E-state index in [-0.39, 0.29) is 16.0 Å². The lowest BCUT2D eigenvalue weighted by atomic mass is 10.2. The van der Waals surface area contributed by atoms with Gasteiger partial charge in [0, 0.05) is 13.0 Å². The van der Waals surface area contributed by atoms with Gasteiger partial charge in [0.15, 0.2) is 10.2 Å². The van der Waals surface area contributed by atoms with Gasteiger partial charge in [0.2, 0.25) is 5.28 Å². The molecule has 110 valence electrons. The Kier molecular flexibility index (Phi) is 4.02. The van der Waals surface area contributed by atoms with Crippen LogP contribution in [-0.4, -0.2) is 29.7 Å². The van der Waals surface area contributed by atoms with Crippen LogP contribution in [0, 0.1) is 10.1 Å². The Morgan fingerprint density at radius 3 is 3.00 bits per heavy atom. The summed E-state index contributed by atoms with van der Waals surface area (Å²) in [5.41, 5.74) is -0.185. The van der Waals surface area contributed by atoms with E-state index in [4.69, 9.17) is 11.6 Å².